The highest BCUT2D eigenvalue weighted by Crippen LogP contribution is 2.28. The SMILES string of the molecule is CCCNC(C)c1ccc(-c2nccn2CC)cc1Cl. The average Bonchev–Trinajstić information content (AvgIpc) is 2.93. The van der Waals surface area contributed by atoms with Crippen LogP contribution >= 0.6 is 11.6 Å². The highest BCUT2D eigenvalue weighted by molar-refractivity contribution is 6.31. The zero-order valence-electron chi connectivity index (χ0n) is 12.4. The van der Waals surface area contributed by atoms with Crippen molar-refractivity contribution < 1.29 is 0 Å². The normalized spacial score (nSPS) is 12.6. The molecule has 0 radical (unpaired) electrons. The minimum atomic E-state index is 0.266. The van der Waals surface area contributed by atoms with Gasteiger partial charge < -0.3 is 9.88 Å². The topological polar surface area (TPSA) is 29.9 Å². The lowest BCUT2D eigenvalue weighted by atomic mass is 10.1. The third kappa shape index (κ3) is 3.22. The summed E-state index contributed by atoms with van der Waals surface area (Å²) in [5, 5.41) is 4.26. The van der Waals surface area contributed by atoms with Gasteiger partial charge in [0.2, 0.25) is 0 Å². The van der Waals surface area contributed by atoms with Crippen molar-refractivity contribution in [3.63, 3.8) is 0 Å². The summed E-state index contributed by atoms with van der Waals surface area (Å²) in [5.74, 6) is 0.968. The van der Waals surface area contributed by atoms with Crippen molar-refractivity contribution >= 4 is 11.6 Å². The number of rotatable bonds is 6. The average molecular weight is 292 g/mol. The first-order chi connectivity index (χ1) is 9.67. The van der Waals surface area contributed by atoms with E-state index in [1.807, 2.05) is 18.5 Å². The minimum absolute atomic E-state index is 0.266. The fourth-order valence-corrected chi connectivity index (χ4v) is 2.66. The molecule has 1 aromatic carbocycles. The molecule has 2 aromatic rings. The maximum absolute atomic E-state index is 6.44. The number of hydrogen-bond donors (Lipinski definition) is 1. The van der Waals surface area contributed by atoms with Gasteiger partial charge in [-0.05, 0) is 38.4 Å². The zero-order chi connectivity index (χ0) is 14.5. The van der Waals surface area contributed by atoms with E-state index in [0.29, 0.717) is 0 Å². The van der Waals surface area contributed by atoms with Crippen LogP contribution in [0.1, 0.15) is 38.8 Å². The first-order valence-electron chi connectivity index (χ1n) is 7.21. The van der Waals surface area contributed by atoms with Gasteiger partial charge in [-0.1, -0.05) is 30.7 Å². The molecule has 20 heavy (non-hydrogen) atoms. The molecule has 0 aliphatic rings. The fourth-order valence-electron chi connectivity index (χ4n) is 2.31. The highest BCUT2D eigenvalue weighted by Gasteiger charge is 2.12. The Balaban J connectivity index is 2.26. The molecule has 0 amide bonds. The molecule has 0 bridgehead atoms. The summed E-state index contributed by atoms with van der Waals surface area (Å²) in [4.78, 5) is 4.41. The Morgan fingerprint density at radius 1 is 1.35 bits per heavy atom. The van der Waals surface area contributed by atoms with Crippen LogP contribution in [0.5, 0.6) is 0 Å². The van der Waals surface area contributed by atoms with Crippen molar-refractivity contribution in [1.82, 2.24) is 14.9 Å². The van der Waals surface area contributed by atoms with E-state index < -0.39 is 0 Å². The van der Waals surface area contributed by atoms with E-state index >= 15 is 0 Å². The molecule has 1 unspecified atom stereocenters. The maximum atomic E-state index is 6.44. The van der Waals surface area contributed by atoms with Crippen LogP contribution < -0.4 is 5.32 Å². The van der Waals surface area contributed by atoms with Gasteiger partial charge in [0.05, 0.1) is 0 Å². The summed E-state index contributed by atoms with van der Waals surface area (Å²) in [6, 6.07) is 6.47. The summed E-state index contributed by atoms with van der Waals surface area (Å²) in [6.07, 6.45) is 4.93. The van der Waals surface area contributed by atoms with Crippen LogP contribution in [0.3, 0.4) is 0 Å². The summed E-state index contributed by atoms with van der Waals surface area (Å²) < 4.78 is 2.12. The van der Waals surface area contributed by atoms with Crippen molar-refractivity contribution in [2.75, 3.05) is 6.54 Å². The molecule has 0 saturated carbocycles. The number of benzene rings is 1. The molecule has 1 heterocycles. The van der Waals surface area contributed by atoms with Gasteiger partial charge in [-0.15, -0.1) is 0 Å². The fraction of sp³-hybridized carbons (Fsp3) is 0.438. The predicted octanol–water partition coefficient (Wildman–Crippen LogP) is 4.28. The van der Waals surface area contributed by atoms with Crippen LogP contribution in [0.2, 0.25) is 5.02 Å². The summed E-state index contributed by atoms with van der Waals surface area (Å²) >= 11 is 6.44. The monoisotopic (exact) mass is 291 g/mol. The van der Waals surface area contributed by atoms with Gasteiger partial charge in [0.1, 0.15) is 5.82 Å². The quantitative estimate of drug-likeness (QED) is 0.861. The lowest BCUT2D eigenvalue weighted by Gasteiger charge is -2.16. The van der Waals surface area contributed by atoms with Crippen LogP contribution in [-0.4, -0.2) is 16.1 Å². The van der Waals surface area contributed by atoms with Crippen LogP contribution in [0.4, 0.5) is 0 Å². The van der Waals surface area contributed by atoms with Crippen LogP contribution in [0, 0.1) is 0 Å². The number of hydrogen-bond acceptors (Lipinski definition) is 2. The molecule has 0 fully saturated rings. The van der Waals surface area contributed by atoms with E-state index in [4.69, 9.17) is 11.6 Å². The van der Waals surface area contributed by atoms with E-state index in [2.05, 4.69) is 47.8 Å². The van der Waals surface area contributed by atoms with Crippen molar-refractivity contribution in [1.29, 1.82) is 0 Å². The van der Waals surface area contributed by atoms with Crippen molar-refractivity contribution in [3.8, 4) is 11.4 Å². The van der Waals surface area contributed by atoms with E-state index in [-0.39, 0.29) is 6.04 Å². The molecule has 0 aliphatic heterocycles. The lowest BCUT2D eigenvalue weighted by Crippen LogP contribution is -2.19. The Morgan fingerprint density at radius 2 is 2.15 bits per heavy atom. The van der Waals surface area contributed by atoms with E-state index in [1.165, 1.54) is 0 Å². The third-order valence-electron chi connectivity index (χ3n) is 3.48. The number of halogens is 1. The standard InChI is InChI=1S/C16H22ClN3/c1-4-8-18-12(3)14-7-6-13(11-15(14)17)16-19-9-10-20(16)5-2/h6-7,9-12,18H,4-5,8H2,1-3H3. The van der Waals surface area contributed by atoms with E-state index in [1.54, 1.807) is 0 Å². The second kappa shape index (κ2) is 6.91. The number of nitrogens with zero attached hydrogens (tertiary/aromatic N) is 2. The zero-order valence-corrected chi connectivity index (χ0v) is 13.1. The molecular weight excluding hydrogens is 270 g/mol. The molecule has 3 nitrogen and oxygen atoms in total. The second-order valence-corrected chi connectivity index (χ2v) is 5.36. The Hall–Kier alpha value is -1.32. The number of imidazole rings is 1. The lowest BCUT2D eigenvalue weighted by molar-refractivity contribution is 0.571. The molecule has 0 spiro atoms. The Bertz CT molecular complexity index is 563. The van der Waals surface area contributed by atoms with Crippen molar-refractivity contribution in [2.24, 2.45) is 0 Å². The summed E-state index contributed by atoms with van der Waals surface area (Å²) in [6.45, 7) is 8.32. The maximum Gasteiger partial charge on any atom is 0.139 e. The van der Waals surface area contributed by atoms with Gasteiger partial charge in [0, 0.05) is 35.6 Å². The van der Waals surface area contributed by atoms with Gasteiger partial charge >= 0.3 is 0 Å². The number of aryl methyl sites for hydroxylation is 1. The molecular formula is C16H22ClN3. The van der Waals surface area contributed by atoms with Crippen molar-refractivity contribution in [2.45, 2.75) is 39.8 Å². The van der Waals surface area contributed by atoms with Crippen LogP contribution in [0.25, 0.3) is 11.4 Å². The molecule has 1 N–H and O–H groups in total. The van der Waals surface area contributed by atoms with Gasteiger partial charge in [0.25, 0.3) is 0 Å². The largest absolute Gasteiger partial charge is 0.331 e. The van der Waals surface area contributed by atoms with Gasteiger partial charge in [-0.3, -0.25) is 0 Å². The van der Waals surface area contributed by atoms with Gasteiger partial charge in [0.15, 0.2) is 0 Å². The van der Waals surface area contributed by atoms with Crippen molar-refractivity contribution in [3.05, 3.63) is 41.2 Å². The van der Waals surface area contributed by atoms with Gasteiger partial charge in [-0.25, -0.2) is 4.98 Å². The molecule has 0 aliphatic carbocycles. The second-order valence-electron chi connectivity index (χ2n) is 4.95. The van der Waals surface area contributed by atoms with Crippen LogP contribution in [-0.2, 0) is 6.54 Å². The predicted molar refractivity (Wildman–Crippen MR) is 85.1 cm³/mol. The smallest absolute Gasteiger partial charge is 0.139 e. The molecule has 4 heteroatoms. The number of nitrogens with one attached hydrogen (secondary N) is 1. The number of aromatic nitrogens is 2. The highest BCUT2D eigenvalue weighted by atomic mass is 35.5. The Morgan fingerprint density at radius 3 is 2.80 bits per heavy atom. The van der Waals surface area contributed by atoms with Crippen LogP contribution in [0.15, 0.2) is 30.6 Å². The van der Waals surface area contributed by atoms with Gasteiger partial charge in [-0.2, -0.15) is 0 Å². The van der Waals surface area contributed by atoms with E-state index in [0.717, 1.165) is 41.5 Å². The first-order valence-corrected chi connectivity index (χ1v) is 7.59. The molecule has 0 saturated heterocycles. The Kier molecular flexibility index (Phi) is 5.21. The summed E-state index contributed by atoms with van der Waals surface area (Å²) in [7, 11) is 0. The van der Waals surface area contributed by atoms with E-state index in [9.17, 15) is 0 Å². The molecule has 2 rings (SSSR count). The third-order valence-corrected chi connectivity index (χ3v) is 3.81. The minimum Gasteiger partial charge on any atom is -0.331 e. The Labute approximate surface area is 126 Å². The molecule has 1 aromatic heterocycles. The summed E-state index contributed by atoms with van der Waals surface area (Å²) in [5.41, 5.74) is 2.20. The molecule has 1 atom stereocenters. The molecule has 108 valence electrons. The first kappa shape index (κ1) is 15.1.